The van der Waals surface area contributed by atoms with Crippen LogP contribution < -0.4 is 4.90 Å². The topological polar surface area (TPSA) is 77.8 Å². The maximum absolute atomic E-state index is 11.2. The summed E-state index contributed by atoms with van der Waals surface area (Å²) in [5.41, 5.74) is 1.46. The van der Waals surface area contributed by atoms with E-state index in [2.05, 4.69) is 0 Å². The van der Waals surface area contributed by atoms with E-state index >= 15 is 0 Å². The van der Waals surface area contributed by atoms with Crippen LogP contribution in [0.5, 0.6) is 0 Å². The van der Waals surface area contributed by atoms with Crippen LogP contribution in [0.15, 0.2) is 36.0 Å². The molecule has 5 nitrogen and oxygen atoms in total. The molecule has 102 valence electrons. The van der Waals surface area contributed by atoms with Crippen molar-refractivity contribution in [3.63, 3.8) is 0 Å². The molecule has 0 unspecified atom stereocenters. The summed E-state index contributed by atoms with van der Waals surface area (Å²) >= 11 is 0. The van der Waals surface area contributed by atoms with Gasteiger partial charge in [-0.3, -0.25) is 0 Å². The molecule has 0 aliphatic rings. The van der Waals surface area contributed by atoms with Gasteiger partial charge in [-0.15, -0.1) is 0 Å². The second-order valence-corrected chi connectivity index (χ2v) is 3.90. The predicted molar refractivity (Wildman–Crippen MR) is 72.2 cm³/mol. The van der Waals surface area contributed by atoms with E-state index in [0.29, 0.717) is 6.54 Å². The molecule has 5 heteroatoms. The van der Waals surface area contributed by atoms with Crippen LogP contribution >= 0.6 is 0 Å². The van der Waals surface area contributed by atoms with Crippen molar-refractivity contribution in [3.05, 3.63) is 41.6 Å². The second-order valence-electron chi connectivity index (χ2n) is 3.90. The highest BCUT2D eigenvalue weighted by Crippen LogP contribution is 2.24. The Balaban J connectivity index is 3.32. The number of aryl methyl sites for hydroxylation is 1. The first-order valence-corrected chi connectivity index (χ1v) is 6.04. The van der Waals surface area contributed by atoms with Crippen LogP contribution in [0.2, 0.25) is 0 Å². The summed E-state index contributed by atoms with van der Waals surface area (Å²) in [5.74, 6) is -2.53. The molecule has 2 N–H and O–H groups in total. The summed E-state index contributed by atoms with van der Waals surface area (Å²) in [7, 11) is 0. The Morgan fingerprint density at radius 1 is 1.21 bits per heavy atom. The number of hydrogen-bond donors (Lipinski definition) is 2. The van der Waals surface area contributed by atoms with Gasteiger partial charge < -0.3 is 15.1 Å². The van der Waals surface area contributed by atoms with Gasteiger partial charge in [0, 0.05) is 12.2 Å². The van der Waals surface area contributed by atoms with E-state index < -0.39 is 11.9 Å². The molecule has 0 atom stereocenters. The van der Waals surface area contributed by atoms with E-state index in [1.807, 2.05) is 19.1 Å². The number of likely N-dealkylation sites (N-methyl/N-ethyl adjacent to an activating group) is 1. The van der Waals surface area contributed by atoms with Gasteiger partial charge in [0.1, 0.15) is 5.70 Å². The zero-order chi connectivity index (χ0) is 14.4. The number of hydrogen-bond acceptors (Lipinski definition) is 3. The molecule has 1 aromatic rings. The van der Waals surface area contributed by atoms with Crippen LogP contribution in [0.1, 0.15) is 19.4 Å². The third-order valence-corrected chi connectivity index (χ3v) is 2.75. The minimum Gasteiger partial charge on any atom is -0.478 e. The molecule has 1 rings (SSSR count). The number of benzene rings is 1. The lowest BCUT2D eigenvalue weighted by Crippen LogP contribution is -2.28. The smallest absolute Gasteiger partial charge is 0.352 e. The average molecular weight is 263 g/mol. The molecule has 0 aliphatic carbocycles. The minimum absolute atomic E-state index is 0.240. The highest BCUT2D eigenvalue weighted by molar-refractivity contribution is 5.98. The third kappa shape index (κ3) is 3.58. The SMILES string of the molecule is CCc1ccccc1N(CC)/C(=C\C(=O)O)C(=O)O. The molecule has 0 aromatic heterocycles. The molecule has 19 heavy (non-hydrogen) atoms. The Hall–Kier alpha value is -2.30. The molecule has 0 amide bonds. The maximum atomic E-state index is 11.2. The Morgan fingerprint density at radius 3 is 2.32 bits per heavy atom. The van der Waals surface area contributed by atoms with Crippen LogP contribution in [0.3, 0.4) is 0 Å². The molecule has 0 spiro atoms. The van der Waals surface area contributed by atoms with Crippen molar-refractivity contribution >= 4 is 17.6 Å². The molecule has 0 aliphatic heterocycles. The van der Waals surface area contributed by atoms with Crippen molar-refractivity contribution < 1.29 is 19.8 Å². The molecule has 0 fully saturated rings. The van der Waals surface area contributed by atoms with E-state index in [4.69, 9.17) is 5.11 Å². The number of aliphatic carboxylic acids is 2. The van der Waals surface area contributed by atoms with Gasteiger partial charge in [0.25, 0.3) is 0 Å². The second kappa shape index (κ2) is 6.58. The van der Waals surface area contributed by atoms with Crippen LogP contribution in [0, 0.1) is 0 Å². The Labute approximate surface area is 111 Å². The first kappa shape index (κ1) is 14.8. The molecule has 1 aromatic carbocycles. The van der Waals surface area contributed by atoms with Gasteiger partial charge in [-0.2, -0.15) is 0 Å². The summed E-state index contributed by atoms with van der Waals surface area (Å²) in [4.78, 5) is 23.5. The monoisotopic (exact) mass is 263 g/mol. The zero-order valence-corrected chi connectivity index (χ0v) is 11.0. The molecule has 0 heterocycles. The van der Waals surface area contributed by atoms with Crippen molar-refractivity contribution in [3.8, 4) is 0 Å². The van der Waals surface area contributed by atoms with E-state index in [1.54, 1.807) is 19.1 Å². The largest absolute Gasteiger partial charge is 0.478 e. The molecule has 0 radical (unpaired) electrons. The number of nitrogens with zero attached hydrogens (tertiary/aromatic N) is 1. The Kier molecular flexibility index (Phi) is 5.11. The van der Waals surface area contributed by atoms with Crippen LogP contribution in [0.25, 0.3) is 0 Å². The lowest BCUT2D eigenvalue weighted by molar-refractivity contribution is -0.135. The van der Waals surface area contributed by atoms with Gasteiger partial charge in [0.2, 0.25) is 0 Å². The summed E-state index contributed by atoms with van der Waals surface area (Å²) in [6.45, 7) is 4.13. The fourth-order valence-electron chi connectivity index (χ4n) is 1.92. The van der Waals surface area contributed by atoms with Gasteiger partial charge in [0.05, 0.1) is 6.08 Å². The van der Waals surface area contributed by atoms with E-state index in [0.717, 1.165) is 23.7 Å². The predicted octanol–water partition coefficient (Wildman–Crippen LogP) is 2.13. The number of rotatable bonds is 6. The minimum atomic E-state index is -1.27. The average Bonchev–Trinajstić information content (AvgIpc) is 2.38. The quantitative estimate of drug-likeness (QED) is 0.769. The lowest BCUT2D eigenvalue weighted by Gasteiger charge is -2.25. The lowest BCUT2D eigenvalue weighted by atomic mass is 10.1. The van der Waals surface area contributed by atoms with Crippen molar-refractivity contribution in [2.24, 2.45) is 0 Å². The molecular formula is C14H17NO4. The van der Waals surface area contributed by atoms with Crippen molar-refractivity contribution in [1.29, 1.82) is 0 Å². The summed E-state index contributed by atoms with van der Waals surface area (Å²) in [6, 6.07) is 7.37. The van der Waals surface area contributed by atoms with Crippen molar-refractivity contribution in [2.45, 2.75) is 20.3 Å². The van der Waals surface area contributed by atoms with Crippen molar-refractivity contribution in [2.75, 3.05) is 11.4 Å². The highest BCUT2D eigenvalue weighted by atomic mass is 16.4. The number of anilines is 1. The van der Waals surface area contributed by atoms with E-state index in [9.17, 15) is 14.7 Å². The van der Waals surface area contributed by atoms with Crippen molar-refractivity contribution in [1.82, 2.24) is 0 Å². The Bertz CT molecular complexity index is 508. The molecule has 0 saturated carbocycles. The van der Waals surface area contributed by atoms with Gasteiger partial charge >= 0.3 is 11.9 Å². The van der Waals surface area contributed by atoms with Crippen LogP contribution in [0.4, 0.5) is 5.69 Å². The van der Waals surface area contributed by atoms with Crippen LogP contribution in [-0.2, 0) is 16.0 Å². The number of carbonyl (C=O) groups is 2. The van der Waals surface area contributed by atoms with Gasteiger partial charge in [-0.05, 0) is 25.0 Å². The van der Waals surface area contributed by atoms with Gasteiger partial charge in [-0.25, -0.2) is 9.59 Å². The Morgan fingerprint density at radius 2 is 1.84 bits per heavy atom. The van der Waals surface area contributed by atoms with Gasteiger partial charge in [0.15, 0.2) is 0 Å². The first-order valence-electron chi connectivity index (χ1n) is 6.04. The maximum Gasteiger partial charge on any atom is 0.352 e. The first-order chi connectivity index (χ1) is 9.01. The molecular weight excluding hydrogens is 246 g/mol. The fourth-order valence-corrected chi connectivity index (χ4v) is 1.92. The van der Waals surface area contributed by atoms with Gasteiger partial charge in [-0.1, -0.05) is 25.1 Å². The van der Waals surface area contributed by atoms with E-state index in [-0.39, 0.29) is 5.70 Å². The summed E-state index contributed by atoms with van der Waals surface area (Å²) in [6.07, 6.45) is 1.46. The summed E-state index contributed by atoms with van der Waals surface area (Å²) < 4.78 is 0. The molecule has 0 bridgehead atoms. The third-order valence-electron chi connectivity index (χ3n) is 2.75. The number of para-hydroxylation sites is 1. The van der Waals surface area contributed by atoms with Crippen LogP contribution in [-0.4, -0.2) is 28.7 Å². The van der Waals surface area contributed by atoms with E-state index in [1.165, 1.54) is 4.90 Å². The highest BCUT2D eigenvalue weighted by Gasteiger charge is 2.20. The molecule has 0 saturated heterocycles. The zero-order valence-electron chi connectivity index (χ0n) is 11.0. The number of carboxylic acid groups (broad SMARTS) is 2. The standard InChI is InChI=1S/C14H17NO4/c1-3-10-7-5-6-8-11(10)15(4-2)12(14(18)19)9-13(16)17/h5-9H,3-4H2,1-2H3,(H,16,17)(H,18,19)/b12-9-. The fraction of sp³-hybridized carbons (Fsp3) is 0.286. The normalized spacial score (nSPS) is 11.2. The summed E-state index contributed by atoms with van der Waals surface area (Å²) in [5, 5.41) is 18.0. The number of carboxylic acids is 2.